The van der Waals surface area contributed by atoms with E-state index in [4.69, 9.17) is 4.74 Å². The average Bonchev–Trinajstić information content (AvgIpc) is 2.24. The van der Waals surface area contributed by atoms with E-state index in [9.17, 15) is 18.3 Å². The third-order valence-corrected chi connectivity index (χ3v) is 3.17. The number of halogens is 3. The van der Waals surface area contributed by atoms with E-state index in [1.807, 2.05) is 0 Å². The van der Waals surface area contributed by atoms with Crippen LogP contribution in [-0.4, -0.2) is 53.8 Å². The SMILES string of the molecule is CC(O)C(C)NC(C)(C)COC(CNC(C)(C)C)C(F)(F)F. The first kappa shape index (κ1) is 21.6. The first-order valence-corrected chi connectivity index (χ1v) is 7.53. The monoisotopic (exact) mass is 328 g/mol. The molecule has 0 heterocycles. The molecule has 0 aliphatic rings. The van der Waals surface area contributed by atoms with E-state index < -0.39 is 29.5 Å². The van der Waals surface area contributed by atoms with Gasteiger partial charge >= 0.3 is 6.18 Å². The van der Waals surface area contributed by atoms with E-state index in [0.717, 1.165) is 0 Å². The number of nitrogens with one attached hydrogen (secondary N) is 2. The maximum Gasteiger partial charge on any atom is 0.415 e. The highest BCUT2D eigenvalue weighted by molar-refractivity contribution is 4.84. The summed E-state index contributed by atoms with van der Waals surface area (Å²) in [7, 11) is 0. The van der Waals surface area contributed by atoms with Crippen molar-refractivity contribution in [3.63, 3.8) is 0 Å². The Hall–Kier alpha value is -0.370. The molecule has 3 N–H and O–H groups in total. The van der Waals surface area contributed by atoms with E-state index in [0.29, 0.717) is 0 Å². The van der Waals surface area contributed by atoms with Crippen LogP contribution >= 0.6 is 0 Å². The Kier molecular flexibility index (Phi) is 7.81. The number of aliphatic hydroxyl groups excluding tert-OH is 1. The van der Waals surface area contributed by atoms with Crippen LogP contribution in [0.25, 0.3) is 0 Å². The lowest BCUT2D eigenvalue weighted by Crippen LogP contribution is -2.54. The van der Waals surface area contributed by atoms with Crippen molar-refractivity contribution >= 4 is 0 Å². The number of rotatable bonds is 8. The molecule has 0 radical (unpaired) electrons. The molecule has 0 saturated heterocycles. The molecular formula is C15H31F3N2O2. The normalized spacial score (nSPS) is 18.1. The lowest BCUT2D eigenvalue weighted by Gasteiger charge is -2.34. The zero-order valence-electron chi connectivity index (χ0n) is 14.6. The standard InChI is InChI=1S/C15H31F3N2O2/c1-10(11(2)21)20-14(6,7)9-22-12(15(16,17)18)8-19-13(3,4)5/h10-12,19-21H,8-9H2,1-7H3. The Bertz CT molecular complexity index is 326. The largest absolute Gasteiger partial charge is 0.415 e. The zero-order chi connectivity index (χ0) is 17.8. The van der Waals surface area contributed by atoms with Crippen molar-refractivity contribution in [2.45, 2.75) is 84.0 Å². The predicted octanol–water partition coefficient (Wildman–Crippen LogP) is 2.46. The molecule has 0 saturated carbocycles. The number of hydrogen-bond acceptors (Lipinski definition) is 4. The number of ether oxygens (including phenoxy) is 1. The number of aliphatic hydroxyl groups is 1. The Morgan fingerprint density at radius 2 is 1.55 bits per heavy atom. The van der Waals surface area contributed by atoms with Gasteiger partial charge in [0, 0.05) is 23.7 Å². The van der Waals surface area contributed by atoms with E-state index in [1.165, 1.54) is 0 Å². The number of alkyl halides is 3. The summed E-state index contributed by atoms with van der Waals surface area (Å²) in [6, 6.07) is -0.240. The molecule has 0 rings (SSSR count). The minimum absolute atomic E-state index is 0.111. The Morgan fingerprint density at radius 3 is 1.91 bits per heavy atom. The van der Waals surface area contributed by atoms with E-state index in [1.54, 1.807) is 48.5 Å². The van der Waals surface area contributed by atoms with E-state index >= 15 is 0 Å². The summed E-state index contributed by atoms with van der Waals surface area (Å²) in [6.45, 7) is 11.9. The van der Waals surface area contributed by atoms with Crippen molar-refractivity contribution in [1.29, 1.82) is 0 Å². The molecule has 0 bridgehead atoms. The van der Waals surface area contributed by atoms with Crippen molar-refractivity contribution in [2.75, 3.05) is 13.2 Å². The summed E-state index contributed by atoms with van der Waals surface area (Å²) < 4.78 is 44.2. The molecule has 0 aliphatic carbocycles. The van der Waals surface area contributed by atoms with Gasteiger partial charge in [0.05, 0.1) is 12.7 Å². The van der Waals surface area contributed by atoms with Gasteiger partial charge in [-0.2, -0.15) is 13.2 Å². The minimum Gasteiger partial charge on any atom is -0.392 e. The van der Waals surface area contributed by atoms with Crippen molar-refractivity contribution in [1.82, 2.24) is 10.6 Å². The summed E-state index contributed by atoms with van der Waals surface area (Å²) in [5.74, 6) is 0. The lowest BCUT2D eigenvalue weighted by atomic mass is 10.0. The summed E-state index contributed by atoms with van der Waals surface area (Å²) in [5.41, 5.74) is -1.09. The summed E-state index contributed by atoms with van der Waals surface area (Å²) in [6.07, 6.45) is -6.89. The first-order chi connectivity index (χ1) is 9.64. The predicted molar refractivity (Wildman–Crippen MR) is 81.9 cm³/mol. The molecule has 3 atom stereocenters. The van der Waals surface area contributed by atoms with Crippen LogP contribution in [0, 0.1) is 0 Å². The maximum absolute atomic E-state index is 13.0. The second-order valence-corrected chi connectivity index (χ2v) is 7.53. The molecule has 22 heavy (non-hydrogen) atoms. The molecule has 0 amide bonds. The van der Waals surface area contributed by atoms with Gasteiger partial charge in [0.1, 0.15) is 0 Å². The van der Waals surface area contributed by atoms with Crippen molar-refractivity contribution in [2.24, 2.45) is 0 Å². The molecule has 0 aromatic heterocycles. The van der Waals surface area contributed by atoms with Crippen LogP contribution in [0.1, 0.15) is 48.5 Å². The maximum atomic E-state index is 13.0. The van der Waals surface area contributed by atoms with E-state index in [2.05, 4.69) is 10.6 Å². The lowest BCUT2D eigenvalue weighted by molar-refractivity contribution is -0.223. The third kappa shape index (κ3) is 9.61. The Morgan fingerprint density at radius 1 is 1.05 bits per heavy atom. The van der Waals surface area contributed by atoms with Gasteiger partial charge in [-0.3, -0.25) is 0 Å². The highest BCUT2D eigenvalue weighted by atomic mass is 19.4. The van der Waals surface area contributed by atoms with Crippen LogP contribution in [0.5, 0.6) is 0 Å². The van der Waals surface area contributed by atoms with Gasteiger partial charge in [-0.25, -0.2) is 0 Å². The summed E-state index contributed by atoms with van der Waals surface area (Å²) in [4.78, 5) is 0. The molecular weight excluding hydrogens is 297 g/mol. The minimum atomic E-state index is -4.43. The van der Waals surface area contributed by atoms with Gasteiger partial charge in [-0.1, -0.05) is 0 Å². The zero-order valence-corrected chi connectivity index (χ0v) is 14.6. The fourth-order valence-corrected chi connectivity index (χ4v) is 1.76. The van der Waals surface area contributed by atoms with E-state index in [-0.39, 0.29) is 19.2 Å². The van der Waals surface area contributed by atoms with Gasteiger partial charge in [-0.05, 0) is 48.5 Å². The Labute approximate surface area is 131 Å². The molecule has 7 heteroatoms. The van der Waals surface area contributed by atoms with Crippen LogP contribution in [0.4, 0.5) is 13.2 Å². The fourth-order valence-electron chi connectivity index (χ4n) is 1.76. The molecule has 0 aromatic carbocycles. The second kappa shape index (κ2) is 7.95. The number of hydrogen-bond donors (Lipinski definition) is 3. The van der Waals surface area contributed by atoms with Crippen LogP contribution in [0.2, 0.25) is 0 Å². The molecule has 134 valence electrons. The molecule has 4 nitrogen and oxygen atoms in total. The van der Waals surface area contributed by atoms with Gasteiger partial charge in [0.2, 0.25) is 0 Å². The fraction of sp³-hybridized carbons (Fsp3) is 1.00. The van der Waals surface area contributed by atoms with Crippen LogP contribution in [0.3, 0.4) is 0 Å². The van der Waals surface area contributed by atoms with Gasteiger partial charge < -0.3 is 20.5 Å². The second-order valence-electron chi connectivity index (χ2n) is 7.53. The van der Waals surface area contributed by atoms with Crippen LogP contribution < -0.4 is 10.6 Å². The van der Waals surface area contributed by atoms with Crippen LogP contribution in [-0.2, 0) is 4.74 Å². The van der Waals surface area contributed by atoms with Gasteiger partial charge in [0.25, 0.3) is 0 Å². The quantitative estimate of drug-likeness (QED) is 0.641. The third-order valence-electron chi connectivity index (χ3n) is 3.17. The molecule has 0 fully saturated rings. The van der Waals surface area contributed by atoms with Crippen molar-refractivity contribution in [3.8, 4) is 0 Å². The average molecular weight is 328 g/mol. The molecule has 0 aliphatic heterocycles. The summed E-state index contributed by atoms with van der Waals surface area (Å²) >= 11 is 0. The van der Waals surface area contributed by atoms with Gasteiger partial charge in [-0.15, -0.1) is 0 Å². The highest BCUT2D eigenvalue weighted by Crippen LogP contribution is 2.24. The highest BCUT2D eigenvalue weighted by Gasteiger charge is 2.42. The van der Waals surface area contributed by atoms with Crippen molar-refractivity contribution in [3.05, 3.63) is 0 Å². The molecule has 3 unspecified atom stereocenters. The molecule has 0 spiro atoms. The van der Waals surface area contributed by atoms with Crippen LogP contribution in [0.15, 0.2) is 0 Å². The van der Waals surface area contributed by atoms with Crippen molar-refractivity contribution < 1.29 is 23.0 Å². The topological polar surface area (TPSA) is 53.5 Å². The molecule has 0 aromatic rings. The summed E-state index contributed by atoms with van der Waals surface area (Å²) in [5, 5.41) is 15.4. The Balaban J connectivity index is 4.62. The first-order valence-electron chi connectivity index (χ1n) is 7.53. The van der Waals surface area contributed by atoms with Gasteiger partial charge in [0.15, 0.2) is 6.10 Å². The smallest absolute Gasteiger partial charge is 0.392 e.